The summed E-state index contributed by atoms with van der Waals surface area (Å²) in [5, 5.41) is 0. The van der Waals surface area contributed by atoms with Crippen molar-refractivity contribution in [2.75, 3.05) is 125 Å². The average molecular weight is 1030 g/mol. The van der Waals surface area contributed by atoms with Crippen molar-refractivity contribution in [1.82, 2.24) is 39.2 Å². The maximum atomic E-state index is 5.25. The van der Waals surface area contributed by atoms with Crippen LogP contribution in [0.4, 0.5) is 0 Å². The smallest absolute Gasteiger partial charge is 0.0594 e. The monoisotopic (exact) mass is 1030 g/mol. The van der Waals surface area contributed by atoms with Crippen LogP contribution in [0, 0.1) is 0 Å². The first-order valence-corrected chi connectivity index (χ1v) is 27.1. The molecule has 0 aromatic rings. The molecule has 9 heteroatoms. The quantitative estimate of drug-likeness (QED) is 0.221. The van der Waals surface area contributed by atoms with Crippen molar-refractivity contribution in [3.05, 3.63) is 0 Å². The van der Waals surface area contributed by atoms with Crippen molar-refractivity contribution in [2.24, 2.45) is 0 Å². The number of ether oxygens (including phenoxy) is 1. The van der Waals surface area contributed by atoms with E-state index in [0.717, 1.165) is 26.3 Å². The minimum atomic E-state index is 0. The van der Waals surface area contributed by atoms with Gasteiger partial charge in [-0.2, -0.15) is 0 Å². The third kappa shape index (κ3) is 39.1. The molecule has 0 spiro atoms. The zero-order valence-electron chi connectivity index (χ0n) is 48.6. The molecule has 0 bridgehead atoms. The summed E-state index contributed by atoms with van der Waals surface area (Å²) in [5.41, 5.74) is 2.78. The van der Waals surface area contributed by atoms with Crippen LogP contribution >= 0.6 is 0 Å². The highest BCUT2D eigenvalue weighted by Crippen LogP contribution is 2.23. The van der Waals surface area contributed by atoms with Crippen molar-refractivity contribution in [3.8, 4) is 0 Å². The second-order valence-electron chi connectivity index (χ2n) is 27.2. The summed E-state index contributed by atoms with van der Waals surface area (Å²) in [6.07, 6.45) is 12.7. The summed E-state index contributed by atoms with van der Waals surface area (Å²) in [5.74, 6) is 0. The highest BCUT2D eigenvalue weighted by atomic mass is 16.5. The van der Waals surface area contributed by atoms with Crippen LogP contribution in [0.25, 0.3) is 0 Å². The third-order valence-corrected chi connectivity index (χ3v) is 14.3. The lowest BCUT2D eigenvalue weighted by molar-refractivity contribution is -0.00389. The van der Waals surface area contributed by atoms with Gasteiger partial charge in [0, 0.05) is 91.1 Å². The fraction of sp³-hybridized carbons (Fsp3) is 1.00. The van der Waals surface area contributed by atoms with Crippen molar-refractivity contribution in [1.29, 1.82) is 0 Å². The molecule has 0 aliphatic carbocycles. The fourth-order valence-electron chi connectivity index (χ4n) is 8.94. The average Bonchev–Trinajstić information content (AvgIpc) is 3.89. The highest BCUT2D eigenvalue weighted by Gasteiger charge is 2.30. The number of nitrogens with zero attached hydrogens (tertiary/aromatic N) is 8. The predicted molar refractivity (Wildman–Crippen MR) is 336 cm³/mol. The van der Waals surface area contributed by atoms with Gasteiger partial charge >= 0.3 is 0 Å². The van der Waals surface area contributed by atoms with E-state index in [9.17, 15) is 0 Å². The summed E-state index contributed by atoms with van der Waals surface area (Å²) >= 11 is 0. The van der Waals surface area contributed by atoms with Gasteiger partial charge in [0.05, 0.1) is 13.2 Å². The number of hydrogen-bond donors (Lipinski definition) is 0. The molecular weight excluding hydrogens is 885 g/mol. The molecule has 0 radical (unpaired) electrons. The first-order chi connectivity index (χ1) is 29.6. The van der Waals surface area contributed by atoms with Gasteiger partial charge in [-0.25, -0.2) is 0 Å². The van der Waals surface area contributed by atoms with E-state index in [1.165, 1.54) is 149 Å². The number of rotatable bonds is 0. The third-order valence-electron chi connectivity index (χ3n) is 14.3. The molecule has 7 fully saturated rings. The number of piperazine rings is 1. The van der Waals surface area contributed by atoms with Crippen LogP contribution in [0.2, 0.25) is 0 Å². The molecule has 9 nitrogen and oxygen atoms in total. The molecule has 0 atom stereocenters. The van der Waals surface area contributed by atoms with Crippen LogP contribution in [0.3, 0.4) is 0 Å². The summed E-state index contributed by atoms with van der Waals surface area (Å²) < 4.78 is 5.25. The van der Waals surface area contributed by atoms with E-state index in [4.69, 9.17) is 4.74 Å². The molecule has 7 heterocycles. The Balaban J connectivity index is -0.000000135. The first kappa shape index (κ1) is 85.6. The lowest BCUT2D eigenvalue weighted by atomic mass is 10.0. The minimum Gasteiger partial charge on any atom is -0.379 e. The normalized spacial score (nSPS) is 20.9. The Morgan fingerprint density at radius 2 is 0.375 bits per heavy atom. The zero-order chi connectivity index (χ0) is 49.9. The van der Waals surface area contributed by atoms with Crippen LogP contribution in [-0.2, 0) is 4.74 Å². The van der Waals surface area contributed by atoms with Gasteiger partial charge in [0.15, 0.2) is 0 Å². The summed E-state index contributed by atoms with van der Waals surface area (Å²) in [6.45, 7) is 69.8. The van der Waals surface area contributed by atoms with Crippen LogP contribution < -0.4 is 0 Å². The van der Waals surface area contributed by atoms with Crippen molar-refractivity contribution < 1.29 is 4.74 Å². The Morgan fingerprint density at radius 1 is 0.208 bits per heavy atom. The number of likely N-dealkylation sites (N-methyl/N-ethyl adjacent to an activating group) is 1. The highest BCUT2D eigenvalue weighted by molar-refractivity contribution is 4.86. The predicted octanol–water partition coefficient (Wildman–Crippen LogP) is 15.6. The number of piperidine rings is 2. The van der Waals surface area contributed by atoms with Gasteiger partial charge in [-0.05, 0) is 250 Å². The second kappa shape index (κ2) is 39.1. The summed E-state index contributed by atoms with van der Waals surface area (Å²) in [4.78, 5) is 20.0. The topological polar surface area (TPSA) is 34.9 Å². The van der Waals surface area contributed by atoms with Gasteiger partial charge in [0.1, 0.15) is 0 Å². The molecule has 0 aromatic carbocycles. The standard InChI is InChI=1S/C9H20N2.2C9H19N.C8H17NO.C8H17N.C7H15N.C6H13N.7CH4/c1-9(2,3)11-7-5-10(4)6-8-11;2*1-9(2,3)10-7-5-4-6-8-10;1-8(2,3)9-4-6-10-7-5-9;1-8(2,3)9-6-4-5-7-9;1-7(2,3)8-5-4-6-8;1-6(2,3)7-4-5-7;;;;;;;/h5-8H2,1-4H3;2*4-8H2,1-3H3;4-7H2,1-3H3;4-7H2,1-3H3;4-6H2,1-3H3;4-5H2,1-3H3;7*1H4. The van der Waals surface area contributed by atoms with Crippen molar-refractivity contribution in [2.45, 2.75) is 294 Å². The molecule has 0 N–H and O–H groups in total. The van der Waals surface area contributed by atoms with E-state index in [-0.39, 0.29) is 52.0 Å². The number of likely N-dealkylation sites (tertiary alicyclic amines) is 4. The first-order valence-electron chi connectivity index (χ1n) is 27.1. The summed E-state index contributed by atoms with van der Waals surface area (Å²) in [7, 11) is 2.19. The van der Waals surface area contributed by atoms with E-state index in [1.54, 1.807) is 0 Å². The molecule has 7 saturated heterocycles. The Labute approximate surface area is 461 Å². The van der Waals surface area contributed by atoms with Crippen LogP contribution in [0.5, 0.6) is 0 Å². The van der Waals surface area contributed by atoms with Crippen LogP contribution in [0.1, 0.15) is 255 Å². The van der Waals surface area contributed by atoms with Crippen molar-refractivity contribution in [3.63, 3.8) is 0 Å². The molecule has 72 heavy (non-hydrogen) atoms. The molecule has 7 rings (SSSR count). The van der Waals surface area contributed by atoms with E-state index in [2.05, 4.69) is 192 Å². The Bertz CT molecular complexity index is 1100. The number of hydrogen-bond acceptors (Lipinski definition) is 9. The maximum Gasteiger partial charge on any atom is 0.0594 e. The Hall–Kier alpha value is -0.360. The van der Waals surface area contributed by atoms with Gasteiger partial charge in [-0.1, -0.05) is 64.8 Å². The summed E-state index contributed by atoms with van der Waals surface area (Å²) in [6, 6.07) is 0. The van der Waals surface area contributed by atoms with Gasteiger partial charge in [-0.3, -0.25) is 34.3 Å². The van der Waals surface area contributed by atoms with Gasteiger partial charge in [0.2, 0.25) is 0 Å². The molecule has 0 saturated carbocycles. The van der Waals surface area contributed by atoms with Gasteiger partial charge in [0.25, 0.3) is 0 Å². The molecule has 0 unspecified atom stereocenters. The largest absolute Gasteiger partial charge is 0.379 e. The lowest BCUT2D eigenvalue weighted by Gasteiger charge is -2.42. The zero-order valence-corrected chi connectivity index (χ0v) is 48.6. The fourth-order valence-corrected chi connectivity index (χ4v) is 8.94. The molecule has 7 aliphatic heterocycles. The van der Waals surface area contributed by atoms with Crippen LogP contribution in [-0.4, -0.2) is 203 Å². The lowest BCUT2D eigenvalue weighted by Crippen LogP contribution is -2.52. The van der Waals surface area contributed by atoms with E-state index >= 15 is 0 Å². The SMILES string of the molecule is C.C.C.C.C.C.C.CC(C)(C)N1CC1.CC(C)(C)N1CCC1.CC(C)(C)N1CCCC1.CC(C)(C)N1CCCCC1.CC(C)(C)N1CCCCC1.CC(C)(C)N1CCOCC1.CN1CCN(C(C)(C)C)CC1. The molecule has 0 amide bonds. The van der Waals surface area contributed by atoms with Crippen molar-refractivity contribution >= 4 is 0 Å². The molecule has 446 valence electrons. The Kier molecular flexibility index (Phi) is 46.4. The minimum absolute atomic E-state index is 0. The van der Waals surface area contributed by atoms with Gasteiger partial charge in [-0.15, -0.1) is 0 Å². The number of morpholine rings is 1. The maximum absolute atomic E-state index is 5.25. The van der Waals surface area contributed by atoms with Crippen LogP contribution in [0.15, 0.2) is 0 Å². The molecule has 7 aliphatic rings. The molecule has 0 aromatic heterocycles. The van der Waals surface area contributed by atoms with E-state index in [1.807, 2.05) is 0 Å². The molecular formula is C63H148N8O. The van der Waals surface area contributed by atoms with E-state index in [0.29, 0.717) is 38.8 Å². The second-order valence-corrected chi connectivity index (χ2v) is 27.2. The van der Waals surface area contributed by atoms with E-state index < -0.39 is 0 Å². The Morgan fingerprint density at radius 3 is 0.528 bits per heavy atom. The van der Waals surface area contributed by atoms with Gasteiger partial charge < -0.3 is 9.64 Å².